The second kappa shape index (κ2) is 60.3. The predicted molar refractivity (Wildman–Crippen MR) is 349 cm³/mol. The molecule has 0 bridgehead atoms. The van der Waals surface area contributed by atoms with Gasteiger partial charge in [-0.25, -0.2) is 9.13 Å². The fourth-order valence-electron chi connectivity index (χ4n) is 10.2. The number of carbonyl (C=O) groups is 4. The van der Waals surface area contributed by atoms with Crippen LogP contribution in [0, 0.1) is 11.8 Å². The highest BCUT2D eigenvalue weighted by molar-refractivity contribution is 7.47. The molecule has 19 heteroatoms. The van der Waals surface area contributed by atoms with Gasteiger partial charge in [-0.1, -0.05) is 292 Å². The SMILES string of the molecule is CCCCCCCCCCCCCC(=O)O[C@H](COC(=O)CCCCCCC)COP(=O)(O)OC[C@H](O)COP(=O)(O)OC[C@@H](COC(=O)CCCCCCCCCCCCC(C)C)OC(=O)CCCCCCCCCCCCCCCCCC(C)C. The van der Waals surface area contributed by atoms with Gasteiger partial charge in [-0.2, -0.15) is 0 Å². The molecule has 0 spiro atoms. The van der Waals surface area contributed by atoms with Crippen LogP contribution >= 0.6 is 15.6 Å². The lowest BCUT2D eigenvalue weighted by Gasteiger charge is -2.21. The molecule has 0 rings (SSSR count). The average Bonchev–Trinajstić information content (AvgIpc) is 3.70. The van der Waals surface area contributed by atoms with Crippen LogP contribution in [-0.4, -0.2) is 96.7 Å². The zero-order chi connectivity index (χ0) is 64.3. The molecule has 0 heterocycles. The van der Waals surface area contributed by atoms with Crippen LogP contribution in [0.25, 0.3) is 0 Å². The van der Waals surface area contributed by atoms with E-state index in [1.165, 1.54) is 154 Å². The van der Waals surface area contributed by atoms with Crippen LogP contribution in [0.15, 0.2) is 0 Å². The molecule has 0 amide bonds. The molecular formula is C68H132O17P2. The smallest absolute Gasteiger partial charge is 0.462 e. The molecule has 516 valence electrons. The summed E-state index contributed by atoms with van der Waals surface area (Å²) >= 11 is 0. The van der Waals surface area contributed by atoms with Crippen LogP contribution in [0.5, 0.6) is 0 Å². The highest BCUT2D eigenvalue weighted by Crippen LogP contribution is 2.45. The van der Waals surface area contributed by atoms with Gasteiger partial charge < -0.3 is 33.8 Å². The van der Waals surface area contributed by atoms with Gasteiger partial charge in [0.1, 0.15) is 19.3 Å². The lowest BCUT2D eigenvalue weighted by molar-refractivity contribution is -0.161. The molecule has 0 saturated carbocycles. The third kappa shape index (κ3) is 62.6. The zero-order valence-corrected chi connectivity index (χ0v) is 58.1. The topological polar surface area (TPSA) is 237 Å². The molecule has 0 radical (unpaired) electrons. The number of aliphatic hydroxyl groups excluding tert-OH is 1. The highest BCUT2D eigenvalue weighted by atomic mass is 31.2. The summed E-state index contributed by atoms with van der Waals surface area (Å²) in [7, 11) is -9.89. The van der Waals surface area contributed by atoms with Gasteiger partial charge in [0.05, 0.1) is 26.4 Å². The molecule has 3 N–H and O–H groups in total. The number of hydrogen-bond acceptors (Lipinski definition) is 15. The Labute approximate surface area is 530 Å². The van der Waals surface area contributed by atoms with E-state index < -0.39 is 97.5 Å². The molecule has 0 fully saturated rings. The second-order valence-electron chi connectivity index (χ2n) is 25.5. The van der Waals surface area contributed by atoms with Crippen molar-refractivity contribution in [2.45, 2.75) is 362 Å². The van der Waals surface area contributed by atoms with Crippen LogP contribution in [0.1, 0.15) is 343 Å². The van der Waals surface area contributed by atoms with Gasteiger partial charge in [0.15, 0.2) is 12.2 Å². The van der Waals surface area contributed by atoms with Gasteiger partial charge in [0.25, 0.3) is 0 Å². The monoisotopic (exact) mass is 1280 g/mol. The van der Waals surface area contributed by atoms with E-state index in [2.05, 4.69) is 41.5 Å². The quantitative estimate of drug-likeness (QED) is 0.0222. The minimum atomic E-state index is -4.95. The Morgan fingerprint density at radius 2 is 0.529 bits per heavy atom. The average molecular weight is 1280 g/mol. The van der Waals surface area contributed by atoms with Gasteiger partial charge in [0, 0.05) is 25.7 Å². The van der Waals surface area contributed by atoms with Crippen molar-refractivity contribution in [2.24, 2.45) is 11.8 Å². The molecule has 2 unspecified atom stereocenters. The lowest BCUT2D eigenvalue weighted by atomic mass is 10.0. The minimum Gasteiger partial charge on any atom is -0.462 e. The van der Waals surface area contributed by atoms with E-state index in [1.54, 1.807) is 0 Å². The summed E-state index contributed by atoms with van der Waals surface area (Å²) in [5.41, 5.74) is 0. The Morgan fingerprint density at radius 1 is 0.310 bits per heavy atom. The molecular weight excluding hydrogens is 1150 g/mol. The van der Waals surface area contributed by atoms with Crippen LogP contribution in [-0.2, 0) is 65.4 Å². The maximum atomic E-state index is 13.0. The molecule has 0 aromatic carbocycles. The van der Waals surface area contributed by atoms with Crippen LogP contribution < -0.4 is 0 Å². The first-order valence-electron chi connectivity index (χ1n) is 35.5. The van der Waals surface area contributed by atoms with Gasteiger partial charge in [0.2, 0.25) is 0 Å². The molecule has 87 heavy (non-hydrogen) atoms. The first-order valence-corrected chi connectivity index (χ1v) is 38.5. The summed E-state index contributed by atoms with van der Waals surface area (Å²) < 4.78 is 68.0. The molecule has 0 aliphatic rings. The number of carbonyl (C=O) groups excluding carboxylic acids is 4. The predicted octanol–water partition coefficient (Wildman–Crippen LogP) is 19.2. The Morgan fingerprint density at radius 3 is 0.782 bits per heavy atom. The summed E-state index contributed by atoms with van der Waals surface area (Å²) in [6, 6.07) is 0. The Kier molecular flexibility index (Phi) is 59.0. The molecule has 5 atom stereocenters. The lowest BCUT2D eigenvalue weighted by Crippen LogP contribution is -2.30. The van der Waals surface area contributed by atoms with E-state index >= 15 is 0 Å². The third-order valence-electron chi connectivity index (χ3n) is 15.7. The molecule has 0 aliphatic carbocycles. The standard InChI is InChI=1S/C68H132O17P2/c1-7-9-11-13-14-15-21-29-34-40-46-52-67(72)84-63(56-78-65(70)50-44-36-12-10-8-2)58-82-86(74,75)80-54-62(69)55-81-87(76,77)83-59-64(57-79-66(71)51-45-39-33-28-25-24-27-32-38-43-49-61(5)6)85-68(73)53-47-41-35-30-23-20-18-16-17-19-22-26-31-37-42-48-60(3)4/h60-64,69H,7-59H2,1-6H3,(H,74,75)(H,76,77)/t62-,63+,64+/m0/s1. The van der Waals surface area contributed by atoms with Gasteiger partial charge >= 0.3 is 39.5 Å². The largest absolute Gasteiger partial charge is 0.472 e. The van der Waals surface area contributed by atoms with E-state index in [4.69, 9.17) is 37.0 Å². The van der Waals surface area contributed by atoms with Crippen molar-refractivity contribution in [1.29, 1.82) is 0 Å². The zero-order valence-electron chi connectivity index (χ0n) is 56.3. The summed E-state index contributed by atoms with van der Waals surface area (Å²) in [6.07, 6.45) is 44.8. The van der Waals surface area contributed by atoms with Crippen molar-refractivity contribution in [2.75, 3.05) is 39.6 Å². The van der Waals surface area contributed by atoms with Crippen molar-refractivity contribution in [3.05, 3.63) is 0 Å². The number of aliphatic hydroxyl groups is 1. The molecule has 0 saturated heterocycles. The van der Waals surface area contributed by atoms with E-state index in [0.29, 0.717) is 25.7 Å². The maximum absolute atomic E-state index is 13.0. The van der Waals surface area contributed by atoms with Gasteiger partial charge in [-0.05, 0) is 37.5 Å². The maximum Gasteiger partial charge on any atom is 0.472 e. The van der Waals surface area contributed by atoms with E-state index in [1.807, 2.05) is 0 Å². The van der Waals surface area contributed by atoms with E-state index in [9.17, 15) is 43.2 Å². The van der Waals surface area contributed by atoms with E-state index in [-0.39, 0.29) is 25.7 Å². The first-order chi connectivity index (χ1) is 41.9. The van der Waals surface area contributed by atoms with Crippen LogP contribution in [0.4, 0.5) is 0 Å². The number of rotatable bonds is 67. The third-order valence-corrected chi connectivity index (χ3v) is 17.6. The number of esters is 4. The van der Waals surface area contributed by atoms with Gasteiger partial charge in [-0.3, -0.25) is 37.3 Å². The highest BCUT2D eigenvalue weighted by Gasteiger charge is 2.30. The fourth-order valence-corrected chi connectivity index (χ4v) is 11.8. The van der Waals surface area contributed by atoms with Crippen LogP contribution in [0.3, 0.4) is 0 Å². The molecule has 17 nitrogen and oxygen atoms in total. The summed E-state index contributed by atoms with van der Waals surface area (Å²) in [5, 5.41) is 10.5. The minimum absolute atomic E-state index is 0.106. The first kappa shape index (κ1) is 85.1. The van der Waals surface area contributed by atoms with Crippen molar-refractivity contribution in [3.8, 4) is 0 Å². The number of hydrogen-bond donors (Lipinski definition) is 3. The van der Waals surface area contributed by atoms with Crippen molar-refractivity contribution < 1.29 is 80.2 Å². The molecule has 0 aliphatic heterocycles. The molecule has 0 aromatic rings. The second-order valence-corrected chi connectivity index (χ2v) is 28.4. The number of phosphoric acid groups is 2. The number of phosphoric ester groups is 2. The van der Waals surface area contributed by atoms with E-state index in [0.717, 1.165) is 108 Å². The Hall–Kier alpha value is -1.94. The van der Waals surface area contributed by atoms with Crippen molar-refractivity contribution >= 4 is 39.5 Å². The summed E-state index contributed by atoms with van der Waals surface area (Å²) in [5.74, 6) is -0.576. The molecule has 0 aromatic heterocycles. The van der Waals surface area contributed by atoms with Gasteiger partial charge in [-0.15, -0.1) is 0 Å². The Bertz CT molecular complexity index is 1700. The normalized spacial score (nSPS) is 14.2. The van der Waals surface area contributed by atoms with Crippen molar-refractivity contribution in [3.63, 3.8) is 0 Å². The summed E-state index contributed by atoms with van der Waals surface area (Å²) in [6.45, 7) is 9.46. The fraction of sp³-hybridized carbons (Fsp3) is 0.941. The number of unbranched alkanes of at least 4 members (excludes halogenated alkanes) is 37. The number of ether oxygens (including phenoxy) is 4. The Balaban J connectivity index is 5.15. The van der Waals surface area contributed by atoms with Crippen molar-refractivity contribution in [1.82, 2.24) is 0 Å². The summed E-state index contributed by atoms with van der Waals surface area (Å²) in [4.78, 5) is 72.2. The van der Waals surface area contributed by atoms with Crippen LogP contribution in [0.2, 0.25) is 0 Å².